The maximum atomic E-state index is 12.0. The molecule has 116 valence electrons. The second-order valence-corrected chi connectivity index (χ2v) is 6.91. The molecular weight excluding hydrogens is 302 g/mol. The van der Waals surface area contributed by atoms with Crippen LogP contribution in [0.5, 0.6) is 5.75 Å². The molecule has 5 nitrogen and oxygen atoms in total. The molecule has 2 aromatic carbocycles. The largest absolute Gasteiger partial charge is 0.495 e. The molecule has 1 heterocycles. The number of benzene rings is 2. The Bertz CT molecular complexity index is 928. The van der Waals surface area contributed by atoms with Crippen LogP contribution in [0.2, 0.25) is 0 Å². The van der Waals surface area contributed by atoms with E-state index in [0.717, 1.165) is 16.4 Å². The molecule has 0 atom stereocenters. The van der Waals surface area contributed by atoms with Gasteiger partial charge in [0, 0.05) is 16.8 Å². The predicted molar refractivity (Wildman–Crippen MR) is 88.0 cm³/mol. The monoisotopic (exact) mass is 319 g/mol. The molecule has 0 amide bonds. The van der Waals surface area contributed by atoms with Crippen molar-refractivity contribution in [3.05, 3.63) is 36.4 Å². The molecule has 0 bridgehead atoms. The minimum atomic E-state index is -3.39. The van der Waals surface area contributed by atoms with Crippen LogP contribution in [0.3, 0.4) is 0 Å². The lowest BCUT2D eigenvalue weighted by Crippen LogP contribution is -2.16. The van der Waals surface area contributed by atoms with E-state index in [4.69, 9.17) is 9.15 Å². The third-order valence-corrected chi connectivity index (χ3v) is 4.91. The van der Waals surface area contributed by atoms with Crippen molar-refractivity contribution < 1.29 is 17.6 Å². The minimum absolute atomic E-state index is 0.0638. The molecule has 0 radical (unpaired) electrons. The van der Waals surface area contributed by atoms with Crippen molar-refractivity contribution in [2.24, 2.45) is 0 Å². The van der Waals surface area contributed by atoms with Gasteiger partial charge >= 0.3 is 0 Å². The second-order valence-electron chi connectivity index (χ2n) is 5.07. The quantitative estimate of drug-likeness (QED) is 0.777. The van der Waals surface area contributed by atoms with Gasteiger partial charge in [0.2, 0.25) is 10.0 Å². The van der Waals surface area contributed by atoms with Crippen molar-refractivity contribution in [2.45, 2.75) is 13.3 Å². The number of nitrogens with one attached hydrogen (secondary N) is 1. The van der Waals surface area contributed by atoms with Crippen LogP contribution in [0.15, 0.2) is 40.8 Å². The second kappa shape index (κ2) is 5.53. The third kappa shape index (κ3) is 2.62. The molecule has 0 unspecified atom stereocenters. The third-order valence-electron chi connectivity index (χ3n) is 3.44. The van der Waals surface area contributed by atoms with E-state index in [-0.39, 0.29) is 5.75 Å². The Balaban J connectivity index is 2.16. The normalized spacial score (nSPS) is 11.9. The van der Waals surface area contributed by atoms with E-state index < -0.39 is 10.0 Å². The van der Waals surface area contributed by atoms with E-state index in [9.17, 15) is 8.42 Å². The fourth-order valence-electron chi connectivity index (χ4n) is 2.49. The summed E-state index contributed by atoms with van der Waals surface area (Å²) in [5, 5.41) is 1.87. The highest BCUT2D eigenvalue weighted by Gasteiger charge is 2.16. The molecule has 1 N–H and O–H groups in total. The van der Waals surface area contributed by atoms with Crippen LogP contribution < -0.4 is 9.46 Å². The van der Waals surface area contributed by atoms with Gasteiger partial charge in [0.1, 0.15) is 16.9 Å². The van der Waals surface area contributed by atoms with Gasteiger partial charge in [0.25, 0.3) is 0 Å². The first kappa shape index (κ1) is 14.7. The number of ether oxygens (including phenoxy) is 1. The first-order valence-corrected chi connectivity index (χ1v) is 8.69. The van der Waals surface area contributed by atoms with Gasteiger partial charge in [0.15, 0.2) is 0 Å². The van der Waals surface area contributed by atoms with Crippen molar-refractivity contribution in [1.82, 2.24) is 0 Å². The van der Waals surface area contributed by atoms with Crippen LogP contribution in [-0.2, 0) is 10.0 Å². The van der Waals surface area contributed by atoms with Gasteiger partial charge < -0.3 is 9.15 Å². The molecule has 0 fully saturated rings. The molecule has 3 aromatic rings. The number of hydrogen-bond acceptors (Lipinski definition) is 4. The fraction of sp³-hybridized carbons (Fsp3) is 0.250. The van der Waals surface area contributed by atoms with Crippen LogP contribution in [-0.4, -0.2) is 21.3 Å². The lowest BCUT2D eigenvalue weighted by atomic mass is 10.1. The number of sulfonamides is 1. The number of anilines is 1. The highest BCUT2D eigenvalue weighted by atomic mass is 32.2. The van der Waals surface area contributed by atoms with Crippen molar-refractivity contribution >= 4 is 37.6 Å². The summed E-state index contributed by atoms with van der Waals surface area (Å²) in [6, 6.07) is 11.1. The molecule has 0 spiro atoms. The van der Waals surface area contributed by atoms with E-state index in [1.807, 2.05) is 31.2 Å². The van der Waals surface area contributed by atoms with Gasteiger partial charge in [-0.2, -0.15) is 0 Å². The first-order valence-electron chi connectivity index (χ1n) is 7.04. The summed E-state index contributed by atoms with van der Waals surface area (Å²) in [6.45, 7) is 1.82. The molecule has 0 aliphatic heterocycles. The maximum Gasteiger partial charge on any atom is 0.232 e. The Labute approximate surface area is 128 Å². The summed E-state index contributed by atoms with van der Waals surface area (Å²) in [5.41, 5.74) is 1.77. The van der Waals surface area contributed by atoms with Gasteiger partial charge in [-0.25, -0.2) is 8.42 Å². The van der Waals surface area contributed by atoms with Crippen molar-refractivity contribution in [1.29, 1.82) is 0 Å². The van der Waals surface area contributed by atoms with Crippen LogP contribution in [0.1, 0.15) is 13.3 Å². The Hall–Kier alpha value is -2.21. The molecule has 22 heavy (non-hydrogen) atoms. The van der Waals surface area contributed by atoms with Crippen molar-refractivity contribution in [3.63, 3.8) is 0 Å². The number of rotatable bonds is 5. The molecular formula is C16H17NO4S. The average molecular weight is 319 g/mol. The zero-order chi connectivity index (χ0) is 15.7. The fourth-order valence-corrected chi connectivity index (χ4v) is 3.62. The summed E-state index contributed by atoms with van der Waals surface area (Å²) >= 11 is 0. The highest BCUT2D eigenvalue weighted by Crippen LogP contribution is 2.36. The summed E-state index contributed by atoms with van der Waals surface area (Å²) in [4.78, 5) is 0. The minimum Gasteiger partial charge on any atom is -0.495 e. The topological polar surface area (TPSA) is 68.5 Å². The van der Waals surface area contributed by atoms with Gasteiger partial charge in [-0.3, -0.25) is 4.72 Å². The van der Waals surface area contributed by atoms with Gasteiger partial charge in [-0.05, 0) is 18.6 Å². The number of fused-ring (bicyclic) bond motifs is 3. The molecule has 1 aromatic heterocycles. The van der Waals surface area contributed by atoms with Crippen LogP contribution in [0, 0.1) is 0 Å². The van der Waals surface area contributed by atoms with E-state index in [1.54, 1.807) is 12.1 Å². The van der Waals surface area contributed by atoms with Crippen LogP contribution in [0.25, 0.3) is 21.9 Å². The molecule has 6 heteroatoms. The van der Waals surface area contributed by atoms with E-state index in [1.165, 1.54) is 7.11 Å². The molecule has 3 rings (SSSR count). The van der Waals surface area contributed by atoms with E-state index in [0.29, 0.717) is 23.4 Å². The van der Waals surface area contributed by atoms with Gasteiger partial charge in [0.05, 0.1) is 18.6 Å². The zero-order valence-electron chi connectivity index (χ0n) is 12.4. The SMILES string of the molecule is CCCS(=O)(=O)Nc1cc2oc3ccccc3c2cc1OC. The van der Waals surface area contributed by atoms with Crippen LogP contribution >= 0.6 is 0 Å². The lowest BCUT2D eigenvalue weighted by Gasteiger charge is -2.11. The summed E-state index contributed by atoms with van der Waals surface area (Å²) in [6.07, 6.45) is 0.546. The molecule has 0 saturated carbocycles. The highest BCUT2D eigenvalue weighted by molar-refractivity contribution is 7.92. The van der Waals surface area contributed by atoms with Crippen molar-refractivity contribution in [2.75, 3.05) is 17.6 Å². The van der Waals surface area contributed by atoms with Gasteiger partial charge in [-0.15, -0.1) is 0 Å². The summed E-state index contributed by atoms with van der Waals surface area (Å²) < 4.78 is 37.6. The maximum absolute atomic E-state index is 12.0. The van der Waals surface area contributed by atoms with Crippen molar-refractivity contribution in [3.8, 4) is 5.75 Å². The summed E-state index contributed by atoms with van der Waals surface area (Å²) in [7, 11) is -1.87. The number of methoxy groups -OCH3 is 1. The Morgan fingerprint density at radius 3 is 2.64 bits per heavy atom. The summed E-state index contributed by atoms with van der Waals surface area (Å²) in [5.74, 6) is 0.535. The predicted octanol–water partition coefficient (Wildman–Crippen LogP) is 3.75. The Morgan fingerprint density at radius 1 is 1.14 bits per heavy atom. The van der Waals surface area contributed by atoms with E-state index in [2.05, 4.69) is 4.72 Å². The number of hydrogen-bond donors (Lipinski definition) is 1. The van der Waals surface area contributed by atoms with Crippen LogP contribution in [0.4, 0.5) is 5.69 Å². The number of para-hydroxylation sites is 1. The average Bonchev–Trinajstić information content (AvgIpc) is 2.83. The zero-order valence-corrected chi connectivity index (χ0v) is 13.2. The molecule has 0 aliphatic rings. The standard InChI is InChI=1S/C16H17NO4S/c1-3-8-22(18,19)17-13-10-15-12(9-16(13)20-2)11-6-4-5-7-14(11)21-15/h4-7,9-10,17H,3,8H2,1-2H3. The smallest absolute Gasteiger partial charge is 0.232 e. The molecule has 0 saturated heterocycles. The molecule has 0 aliphatic carbocycles. The Kier molecular flexibility index (Phi) is 3.70. The lowest BCUT2D eigenvalue weighted by molar-refractivity contribution is 0.417. The van der Waals surface area contributed by atoms with E-state index >= 15 is 0 Å². The first-order chi connectivity index (χ1) is 10.5. The van der Waals surface area contributed by atoms with Gasteiger partial charge in [-0.1, -0.05) is 25.1 Å². The Morgan fingerprint density at radius 2 is 1.91 bits per heavy atom. The number of furan rings is 1.